The van der Waals surface area contributed by atoms with Crippen molar-refractivity contribution in [1.29, 1.82) is 0 Å². The van der Waals surface area contributed by atoms with Crippen molar-refractivity contribution in [1.82, 2.24) is 9.29 Å². The Kier molecular flexibility index (Phi) is 4.92. The molecule has 30 heavy (non-hydrogen) atoms. The third-order valence-electron chi connectivity index (χ3n) is 5.36. The molecule has 0 bridgehead atoms. The average molecular weight is 443 g/mol. The molecule has 5 rings (SSSR count). The topological polar surface area (TPSA) is 59.5 Å². The van der Waals surface area contributed by atoms with Crippen molar-refractivity contribution in [2.75, 3.05) is 13.1 Å². The smallest absolute Gasteiger partial charge is 0.274 e. The van der Waals surface area contributed by atoms with Crippen molar-refractivity contribution < 1.29 is 17.5 Å². The van der Waals surface area contributed by atoms with E-state index in [1.807, 2.05) is 30.3 Å². The lowest BCUT2D eigenvalue weighted by atomic mass is 10.1. The number of benzene rings is 3. The highest BCUT2D eigenvalue weighted by atomic mass is 32.2. The van der Waals surface area contributed by atoms with Gasteiger partial charge in [0.25, 0.3) is 5.19 Å². The van der Waals surface area contributed by atoms with Gasteiger partial charge in [0.2, 0.25) is 10.0 Å². The quantitative estimate of drug-likeness (QED) is 0.455. The summed E-state index contributed by atoms with van der Waals surface area (Å²) in [4.78, 5) is 4.70. The summed E-state index contributed by atoms with van der Waals surface area (Å²) in [6.45, 7) is 0.776. The lowest BCUT2D eigenvalue weighted by Gasteiger charge is -2.30. The number of halogens is 1. The Morgan fingerprint density at radius 1 is 1.00 bits per heavy atom. The van der Waals surface area contributed by atoms with Crippen LogP contribution in [0.5, 0.6) is 5.19 Å². The van der Waals surface area contributed by atoms with E-state index in [-0.39, 0.29) is 11.9 Å². The van der Waals surface area contributed by atoms with Crippen LogP contribution >= 0.6 is 11.3 Å². The van der Waals surface area contributed by atoms with Gasteiger partial charge in [-0.2, -0.15) is 4.31 Å². The average Bonchev–Trinajstić information content (AvgIpc) is 3.15. The van der Waals surface area contributed by atoms with Crippen molar-refractivity contribution >= 4 is 42.3 Å². The fourth-order valence-electron chi connectivity index (χ4n) is 3.74. The van der Waals surface area contributed by atoms with Gasteiger partial charge in [-0.05, 0) is 53.9 Å². The van der Waals surface area contributed by atoms with Crippen molar-refractivity contribution in [2.24, 2.45) is 0 Å². The molecule has 0 saturated carbocycles. The predicted octanol–water partition coefficient (Wildman–Crippen LogP) is 4.82. The summed E-state index contributed by atoms with van der Waals surface area (Å²) in [5, 5.41) is 2.41. The zero-order valence-electron chi connectivity index (χ0n) is 16.0. The molecular formula is C22H19FN2O3S2. The number of piperidine rings is 1. The molecule has 0 radical (unpaired) electrons. The minimum atomic E-state index is -3.55. The number of hydrogen-bond donors (Lipinski definition) is 0. The van der Waals surface area contributed by atoms with Crippen LogP contribution in [0, 0.1) is 5.82 Å². The molecule has 1 aliphatic rings. The minimum Gasteiger partial charge on any atom is -0.467 e. The first-order valence-corrected chi connectivity index (χ1v) is 12.0. The molecule has 1 fully saturated rings. The standard InChI is InChI=1S/C22H19FN2O3S2/c23-17-6-8-20-21(14-17)29-22(24-20)28-18-9-11-25(12-10-18)30(26,27)19-7-5-15-3-1-2-4-16(15)13-19/h1-8,13-14,18H,9-12H2. The summed E-state index contributed by atoms with van der Waals surface area (Å²) in [5.41, 5.74) is 0.702. The number of hydrogen-bond acceptors (Lipinski definition) is 5. The fourth-order valence-corrected chi connectivity index (χ4v) is 6.15. The molecule has 154 valence electrons. The number of rotatable bonds is 4. The highest BCUT2D eigenvalue weighted by molar-refractivity contribution is 7.89. The normalized spacial score (nSPS) is 16.3. The van der Waals surface area contributed by atoms with Crippen LogP contribution in [0.3, 0.4) is 0 Å². The molecule has 8 heteroatoms. The molecular weight excluding hydrogens is 423 g/mol. The Balaban J connectivity index is 1.28. The minimum absolute atomic E-state index is 0.113. The van der Waals surface area contributed by atoms with Crippen LogP contribution in [0.1, 0.15) is 12.8 Å². The Bertz CT molecular complexity index is 1330. The second kappa shape index (κ2) is 7.61. The van der Waals surface area contributed by atoms with Gasteiger partial charge in [-0.25, -0.2) is 17.8 Å². The van der Waals surface area contributed by atoms with Gasteiger partial charge in [0.1, 0.15) is 11.9 Å². The summed E-state index contributed by atoms with van der Waals surface area (Å²) in [5.74, 6) is -0.301. The van der Waals surface area contributed by atoms with Crippen molar-refractivity contribution in [3.63, 3.8) is 0 Å². The maximum atomic E-state index is 13.4. The van der Waals surface area contributed by atoms with Crippen LogP contribution in [0.2, 0.25) is 0 Å². The predicted molar refractivity (Wildman–Crippen MR) is 116 cm³/mol. The van der Waals surface area contributed by atoms with Crippen LogP contribution < -0.4 is 4.74 Å². The summed E-state index contributed by atoms with van der Waals surface area (Å²) >= 11 is 1.30. The molecule has 0 N–H and O–H groups in total. The molecule has 0 spiro atoms. The molecule has 1 saturated heterocycles. The first-order valence-electron chi connectivity index (χ1n) is 9.71. The van der Waals surface area contributed by atoms with E-state index in [0.29, 0.717) is 41.5 Å². The van der Waals surface area contributed by atoms with Gasteiger partial charge in [-0.1, -0.05) is 41.7 Å². The number of ether oxygens (including phenoxy) is 1. The molecule has 0 unspecified atom stereocenters. The summed E-state index contributed by atoms with van der Waals surface area (Å²) in [6.07, 6.45) is 1.05. The molecule has 4 aromatic rings. The van der Waals surface area contributed by atoms with E-state index < -0.39 is 10.0 Å². The molecule has 1 aliphatic heterocycles. The van der Waals surface area contributed by atoms with Gasteiger partial charge in [0.15, 0.2) is 0 Å². The molecule has 2 heterocycles. The SMILES string of the molecule is O=S(=O)(c1ccc2ccccc2c1)N1CCC(Oc2nc3ccc(F)cc3s2)CC1. The molecule has 0 amide bonds. The van der Waals surface area contributed by atoms with E-state index in [9.17, 15) is 12.8 Å². The molecule has 1 aromatic heterocycles. The Labute approximate surface area is 177 Å². The summed E-state index contributed by atoms with van der Waals surface area (Å²) < 4.78 is 47.8. The first kappa shape index (κ1) is 19.4. The van der Waals surface area contributed by atoms with E-state index in [4.69, 9.17) is 4.74 Å². The van der Waals surface area contributed by atoms with Crippen molar-refractivity contribution in [3.8, 4) is 5.19 Å². The van der Waals surface area contributed by atoms with Crippen LogP contribution in [-0.4, -0.2) is 36.9 Å². The van der Waals surface area contributed by atoms with Crippen LogP contribution in [0.4, 0.5) is 4.39 Å². The highest BCUT2D eigenvalue weighted by Crippen LogP contribution is 2.31. The third-order valence-corrected chi connectivity index (χ3v) is 8.16. The van der Waals surface area contributed by atoms with E-state index in [1.165, 1.54) is 27.8 Å². The third kappa shape index (κ3) is 3.66. The monoisotopic (exact) mass is 442 g/mol. The van der Waals surface area contributed by atoms with Gasteiger partial charge in [0, 0.05) is 13.1 Å². The van der Waals surface area contributed by atoms with Gasteiger partial charge in [0.05, 0.1) is 15.1 Å². The lowest BCUT2D eigenvalue weighted by Crippen LogP contribution is -2.41. The number of nitrogens with zero attached hydrogens (tertiary/aromatic N) is 2. The summed E-state index contributed by atoms with van der Waals surface area (Å²) in [7, 11) is -3.55. The van der Waals surface area contributed by atoms with Gasteiger partial charge in [-0.15, -0.1) is 0 Å². The number of sulfonamides is 1. The first-order chi connectivity index (χ1) is 14.5. The number of thiazole rings is 1. The maximum absolute atomic E-state index is 13.4. The van der Waals surface area contributed by atoms with E-state index in [0.717, 1.165) is 15.5 Å². The summed E-state index contributed by atoms with van der Waals surface area (Å²) in [6, 6.07) is 17.4. The van der Waals surface area contributed by atoms with Crippen LogP contribution in [0.15, 0.2) is 65.6 Å². The molecule has 3 aromatic carbocycles. The second-order valence-electron chi connectivity index (χ2n) is 7.32. The maximum Gasteiger partial charge on any atom is 0.274 e. The van der Waals surface area contributed by atoms with Gasteiger partial charge >= 0.3 is 0 Å². The fraction of sp³-hybridized carbons (Fsp3) is 0.227. The molecule has 0 atom stereocenters. The Hall–Kier alpha value is -2.55. The van der Waals surface area contributed by atoms with Crippen LogP contribution in [0.25, 0.3) is 21.0 Å². The van der Waals surface area contributed by atoms with Gasteiger partial charge < -0.3 is 4.74 Å². The Morgan fingerprint density at radius 3 is 2.57 bits per heavy atom. The number of fused-ring (bicyclic) bond motifs is 2. The van der Waals surface area contributed by atoms with E-state index in [2.05, 4.69) is 4.98 Å². The van der Waals surface area contributed by atoms with E-state index >= 15 is 0 Å². The van der Waals surface area contributed by atoms with Crippen molar-refractivity contribution in [3.05, 3.63) is 66.5 Å². The number of aromatic nitrogens is 1. The highest BCUT2D eigenvalue weighted by Gasteiger charge is 2.30. The van der Waals surface area contributed by atoms with Gasteiger partial charge in [-0.3, -0.25) is 0 Å². The largest absolute Gasteiger partial charge is 0.467 e. The van der Waals surface area contributed by atoms with Crippen LogP contribution in [-0.2, 0) is 10.0 Å². The van der Waals surface area contributed by atoms with E-state index in [1.54, 1.807) is 18.2 Å². The zero-order chi connectivity index (χ0) is 20.7. The molecule has 5 nitrogen and oxygen atoms in total. The van der Waals surface area contributed by atoms with Crippen molar-refractivity contribution in [2.45, 2.75) is 23.8 Å². The lowest BCUT2D eigenvalue weighted by molar-refractivity contribution is 0.135. The second-order valence-corrected chi connectivity index (χ2v) is 10.3. The Morgan fingerprint density at radius 2 is 1.77 bits per heavy atom. The molecule has 0 aliphatic carbocycles. The zero-order valence-corrected chi connectivity index (χ0v) is 17.6.